The van der Waals surface area contributed by atoms with Gasteiger partial charge in [0.25, 0.3) is 0 Å². The van der Waals surface area contributed by atoms with E-state index in [4.69, 9.17) is 22.1 Å². The van der Waals surface area contributed by atoms with E-state index in [1.807, 2.05) is 30.0 Å². The van der Waals surface area contributed by atoms with E-state index < -0.39 is 0 Å². The predicted octanol–water partition coefficient (Wildman–Crippen LogP) is 2.08. The lowest BCUT2D eigenvalue weighted by molar-refractivity contribution is 0.327. The molecule has 0 saturated carbocycles. The summed E-state index contributed by atoms with van der Waals surface area (Å²) in [5.41, 5.74) is 5.94. The fourth-order valence-corrected chi connectivity index (χ4v) is 2.86. The molecular formula is C13H18ClN3OS. The Morgan fingerprint density at radius 2 is 2.11 bits per heavy atom. The molecule has 19 heavy (non-hydrogen) atoms. The Morgan fingerprint density at radius 3 is 2.84 bits per heavy atom. The Bertz CT molecular complexity index is 436. The highest BCUT2D eigenvalue weighted by Crippen LogP contribution is 2.22. The summed E-state index contributed by atoms with van der Waals surface area (Å²) in [4.78, 5) is 6.45. The summed E-state index contributed by atoms with van der Waals surface area (Å²) in [6, 6.07) is 7.42. The van der Waals surface area contributed by atoms with Gasteiger partial charge in [0.1, 0.15) is 12.4 Å². The molecule has 1 saturated heterocycles. The van der Waals surface area contributed by atoms with Crippen molar-refractivity contribution in [1.82, 2.24) is 4.90 Å². The average molecular weight is 300 g/mol. The summed E-state index contributed by atoms with van der Waals surface area (Å²) in [6.45, 7) is 2.98. The molecule has 0 amide bonds. The predicted molar refractivity (Wildman–Crippen MR) is 82.3 cm³/mol. The first-order valence-electron chi connectivity index (χ1n) is 6.27. The molecule has 1 aromatic rings. The minimum Gasteiger partial charge on any atom is -0.490 e. The van der Waals surface area contributed by atoms with Crippen LogP contribution in [0.25, 0.3) is 0 Å². The number of thioether (sulfide) groups is 1. The number of nitrogens with two attached hydrogens (primary N) is 1. The second-order valence-corrected chi connectivity index (χ2v) is 5.75. The summed E-state index contributed by atoms with van der Waals surface area (Å²) >= 11 is 7.94. The van der Waals surface area contributed by atoms with Crippen molar-refractivity contribution in [1.29, 1.82) is 0 Å². The summed E-state index contributed by atoms with van der Waals surface area (Å²) < 4.78 is 5.56. The van der Waals surface area contributed by atoms with Crippen LogP contribution < -0.4 is 10.5 Å². The first-order chi connectivity index (χ1) is 9.27. The van der Waals surface area contributed by atoms with Gasteiger partial charge in [-0.3, -0.25) is 0 Å². The van der Waals surface area contributed by atoms with Crippen LogP contribution in [0.5, 0.6) is 5.75 Å². The van der Waals surface area contributed by atoms with Crippen molar-refractivity contribution in [2.45, 2.75) is 0 Å². The minimum atomic E-state index is 0.479. The molecule has 0 aliphatic carbocycles. The average Bonchev–Trinajstić information content (AvgIpc) is 2.46. The molecule has 0 spiro atoms. The highest BCUT2D eigenvalue weighted by Gasteiger charge is 2.11. The van der Waals surface area contributed by atoms with Crippen LogP contribution in [-0.2, 0) is 0 Å². The third-order valence-corrected chi connectivity index (χ3v) is 4.05. The number of hydrogen-bond acceptors (Lipinski definition) is 3. The van der Waals surface area contributed by atoms with Crippen molar-refractivity contribution in [3.63, 3.8) is 0 Å². The van der Waals surface area contributed by atoms with E-state index in [0.29, 0.717) is 29.9 Å². The van der Waals surface area contributed by atoms with Gasteiger partial charge in [0.15, 0.2) is 5.96 Å². The molecule has 0 radical (unpaired) electrons. The van der Waals surface area contributed by atoms with Gasteiger partial charge in [-0.1, -0.05) is 23.7 Å². The topological polar surface area (TPSA) is 50.9 Å². The van der Waals surface area contributed by atoms with Gasteiger partial charge in [-0.2, -0.15) is 11.8 Å². The zero-order valence-corrected chi connectivity index (χ0v) is 12.3. The molecular weight excluding hydrogens is 282 g/mol. The largest absolute Gasteiger partial charge is 0.490 e. The van der Waals surface area contributed by atoms with Crippen molar-refractivity contribution in [2.24, 2.45) is 10.7 Å². The maximum Gasteiger partial charge on any atom is 0.191 e. The summed E-state index contributed by atoms with van der Waals surface area (Å²) in [6.07, 6.45) is 0. The SMILES string of the molecule is NC(=NCCOc1ccccc1Cl)N1CCSCC1. The Balaban J connectivity index is 1.75. The van der Waals surface area contributed by atoms with Gasteiger partial charge < -0.3 is 15.4 Å². The van der Waals surface area contributed by atoms with Crippen molar-refractivity contribution < 1.29 is 4.74 Å². The van der Waals surface area contributed by atoms with Crippen LogP contribution in [-0.4, -0.2) is 48.6 Å². The molecule has 2 rings (SSSR count). The van der Waals surface area contributed by atoms with Crippen LogP contribution in [0, 0.1) is 0 Å². The van der Waals surface area contributed by atoms with Gasteiger partial charge in [-0.05, 0) is 12.1 Å². The molecule has 1 aromatic carbocycles. The van der Waals surface area contributed by atoms with Crippen LogP contribution in [0.3, 0.4) is 0 Å². The highest BCUT2D eigenvalue weighted by atomic mass is 35.5. The first kappa shape index (κ1) is 14.3. The van der Waals surface area contributed by atoms with Gasteiger partial charge in [-0.15, -0.1) is 0 Å². The van der Waals surface area contributed by atoms with E-state index in [1.165, 1.54) is 0 Å². The lowest BCUT2D eigenvalue weighted by Crippen LogP contribution is -2.42. The van der Waals surface area contributed by atoms with E-state index in [1.54, 1.807) is 6.07 Å². The zero-order valence-electron chi connectivity index (χ0n) is 10.7. The van der Waals surface area contributed by atoms with Gasteiger partial charge in [0.2, 0.25) is 0 Å². The number of ether oxygens (including phenoxy) is 1. The van der Waals surface area contributed by atoms with Gasteiger partial charge in [0.05, 0.1) is 11.6 Å². The number of nitrogens with zero attached hydrogens (tertiary/aromatic N) is 2. The van der Waals surface area contributed by atoms with Crippen LogP contribution in [0.1, 0.15) is 0 Å². The smallest absolute Gasteiger partial charge is 0.191 e. The van der Waals surface area contributed by atoms with Gasteiger partial charge in [-0.25, -0.2) is 4.99 Å². The number of aliphatic imine (C=N–C) groups is 1. The molecule has 6 heteroatoms. The number of guanidine groups is 1. The second kappa shape index (κ2) is 7.50. The normalized spacial score (nSPS) is 16.5. The van der Waals surface area contributed by atoms with Crippen molar-refractivity contribution >= 4 is 29.3 Å². The Hall–Kier alpha value is -1.07. The monoisotopic (exact) mass is 299 g/mol. The molecule has 1 aliphatic rings. The maximum absolute atomic E-state index is 5.99. The van der Waals surface area contributed by atoms with Crippen LogP contribution in [0.2, 0.25) is 5.02 Å². The molecule has 0 unspecified atom stereocenters. The molecule has 2 N–H and O–H groups in total. The van der Waals surface area contributed by atoms with E-state index >= 15 is 0 Å². The van der Waals surface area contributed by atoms with E-state index in [9.17, 15) is 0 Å². The molecule has 0 atom stereocenters. The molecule has 0 aromatic heterocycles. The van der Waals surface area contributed by atoms with Crippen LogP contribution in [0.4, 0.5) is 0 Å². The zero-order chi connectivity index (χ0) is 13.5. The number of para-hydroxylation sites is 1. The lowest BCUT2D eigenvalue weighted by Gasteiger charge is -2.27. The third-order valence-electron chi connectivity index (χ3n) is 2.79. The quantitative estimate of drug-likeness (QED) is 0.525. The molecule has 4 nitrogen and oxygen atoms in total. The number of benzene rings is 1. The van der Waals surface area contributed by atoms with E-state index in [2.05, 4.69) is 9.89 Å². The first-order valence-corrected chi connectivity index (χ1v) is 7.80. The minimum absolute atomic E-state index is 0.479. The van der Waals surface area contributed by atoms with Gasteiger partial charge >= 0.3 is 0 Å². The molecule has 1 aliphatic heterocycles. The van der Waals surface area contributed by atoms with E-state index in [0.717, 1.165) is 24.6 Å². The summed E-state index contributed by atoms with van der Waals surface area (Å²) in [5, 5.41) is 0.618. The molecule has 1 fully saturated rings. The summed E-state index contributed by atoms with van der Waals surface area (Å²) in [7, 11) is 0. The molecule has 0 bridgehead atoms. The number of halogens is 1. The fourth-order valence-electron chi connectivity index (χ4n) is 1.77. The van der Waals surface area contributed by atoms with E-state index in [-0.39, 0.29) is 0 Å². The standard InChI is InChI=1S/C13H18ClN3OS/c14-11-3-1-2-4-12(11)18-8-5-16-13(15)17-6-9-19-10-7-17/h1-4H,5-10H2,(H2,15,16). The van der Waals surface area contributed by atoms with Crippen LogP contribution in [0.15, 0.2) is 29.3 Å². The Morgan fingerprint density at radius 1 is 1.37 bits per heavy atom. The maximum atomic E-state index is 5.99. The molecule has 104 valence electrons. The van der Waals surface area contributed by atoms with Crippen molar-refractivity contribution in [3.8, 4) is 5.75 Å². The summed E-state index contributed by atoms with van der Waals surface area (Å²) in [5.74, 6) is 3.54. The molecule has 1 heterocycles. The lowest BCUT2D eigenvalue weighted by atomic mass is 10.3. The third kappa shape index (κ3) is 4.51. The fraction of sp³-hybridized carbons (Fsp3) is 0.462. The number of hydrogen-bond donors (Lipinski definition) is 1. The second-order valence-electron chi connectivity index (χ2n) is 4.12. The van der Waals surface area contributed by atoms with Crippen molar-refractivity contribution in [3.05, 3.63) is 29.3 Å². The highest BCUT2D eigenvalue weighted by molar-refractivity contribution is 7.99. The van der Waals surface area contributed by atoms with Crippen molar-refractivity contribution in [2.75, 3.05) is 37.7 Å². The number of rotatable bonds is 4. The Kier molecular flexibility index (Phi) is 5.66. The van der Waals surface area contributed by atoms with Crippen LogP contribution >= 0.6 is 23.4 Å². The Labute approximate surface area is 123 Å². The van der Waals surface area contributed by atoms with Gasteiger partial charge in [0, 0.05) is 24.6 Å².